The van der Waals surface area contributed by atoms with Crippen molar-refractivity contribution in [3.05, 3.63) is 36.5 Å². The molecule has 10 nitrogen and oxygen atoms in total. The van der Waals surface area contributed by atoms with Crippen LogP contribution in [-0.4, -0.2) is 79.4 Å². The Bertz CT molecular complexity index is 1340. The fraction of sp³-hybridized carbons (Fsp3) is 0.500. The first-order chi connectivity index (χ1) is 17.5. The highest BCUT2D eigenvalue weighted by atomic mass is 16.2. The number of imidazole rings is 1. The molecule has 2 bridgehead atoms. The minimum atomic E-state index is -0.0686. The van der Waals surface area contributed by atoms with Gasteiger partial charge < -0.3 is 20.0 Å². The third-order valence-corrected chi connectivity index (χ3v) is 7.48. The number of fused-ring (bicyclic) bond motifs is 3. The number of aromatic nitrogens is 5. The normalized spacial score (nSPS) is 25.2. The van der Waals surface area contributed by atoms with Gasteiger partial charge in [0.15, 0.2) is 5.82 Å². The van der Waals surface area contributed by atoms with Gasteiger partial charge in [-0.15, -0.1) is 0 Å². The number of hydrogen-bond acceptors (Lipinski definition) is 8. The van der Waals surface area contributed by atoms with Gasteiger partial charge in [-0.25, -0.2) is 19.9 Å². The predicted molar refractivity (Wildman–Crippen MR) is 138 cm³/mol. The molecule has 3 aromatic heterocycles. The number of aryl methyl sites for hydroxylation is 1. The smallest absolute Gasteiger partial charge is 0.298 e. The van der Waals surface area contributed by atoms with Crippen LogP contribution >= 0.6 is 0 Å². The number of piperidine rings is 1. The maximum absolute atomic E-state index is 12.3. The summed E-state index contributed by atoms with van der Waals surface area (Å²) in [4.78, 5) is 37.4. The van der Waals surface area contributed by atoms with Gasteiger partial charge in [0, 0.05) is 57.0 Å². The Kier molecular flexibility index (Phi) is 5.63. The van der Waals surface area contributed by atoms with Gasteiger partial charge in [0.2, 0.25) is 11.9 Å². The number of nitrogens with one attached hydrogen (secondary N) is 1. The Morgan fingerprint density at radius 3 is 2.61 bits per heavy atom. The zero-order valence-corrected chi connectivity index (χ0v) is 20.9. The van der Waals surface area contributed by atoms with Crippen molar-refractivity contribution >= 4 is 29.1 Å². The lowest BCUT2D eigenvalue weighted by atomic mass is 9.96. The summed E-state index contributed by atoms with van der Waals surface area (Å²) in [5, 5.41) is 3.51. The molecule has 0 saturated carbocycles. The number of nitrogens with zero attached hydrogens (tertiary/aromatic N) is 8. The monoisotopic (exact) mass is 485 g/mol. The molecule has 36 heavy (non-hydrogen) atoms. The Morgan fingerprint density at radius 2 is 1.86 bits per heavy atom. The van der Waals surface area contributed by atoms with Crippen LogP contribution in [0.15, 0.2) is 31.0 Å². The van der Waals surface area contributed by atoms with Crippen LogP contribution in [0.1, 0.15) is 32.3 Å². The number of rotatable bonds is 4. The SMILES string of the molecule is CC#CC(=O)N1C[C@@H]2C[C@H]1CN2c1nccn2c(N3C[C@H](C)C[C@@H](Nc4ncc(C)cn4)C3)ncc12. The maximum Gasteiger partial charge on any atom is 0.298 e. The molecule has 0 unspecified atom stereocenters. The van der Waals surface area contributed by atoms with Crippen LogP contribution in [-0.2, 0) is 4.79 Å². The van der Waals surface area contributed by atoms with E-state index >= 15 is 0 Å². The summed E-state index contributed by atoms with van der Waals surface area (Å²) >= 11 is 0. The van der Waals surface area contributed by atoms with Gasteiger partial charge in [-0.2, -0.15) is 0 Å². The highest BCUT2D eigenvalue weighted by molar-refractivity contribution is 5.94. The highest BCUT2D eigenvalue weighted by Gasteiger charge is 2.46. The molecule has 0 aliphatic carbocycles. The second-order valence-electron chi connectivity index (χ2n) is 10.3. The van der Waals surface area contributed by atoms with E-state index in [0.717, 1.165) is 55.3 Å². The summed E-state index contributed by atoms with van der Waals surface area (Å²) in [5.41, 5.74) is 2.04. The molecule has 0 aromatic carbocycles. The minimum Gasteiger partial charge on any atom is -0.350 e. The Balaban J connectivity index is 1.22. The summed E-state index contributed by atoms with van der Waals surface area (Å²) in [6.07, 6.45) is 11.5. The zero-order chi connectivity index (χ0) is 24.8. The van der Waals surface area contributed by atoms with Gasteiger partial charge >= 0.3 is 0 Å². The first kappa shape index (κ1) is 22.6. The van der Waals surface area contributed by atoms with E-state index in [0.29, 0.717) is 18.4 Å². The Hall–Kier alpha value is -3.87. The summed E-state index contributed by atoms with van der Waals surface area (Å²) in [7, 11) is 0. The minimum absolute atomic E-state index is 0.0686. The van der Waals surface area contributed by atoms with E-state index in [1.807, 2.05) is 42.8 Å². The second kappa shape index (κ2) is 8.97. The molecular weight excluding hydrogens is 454 g/mol. The maximum atomic E-state index is 12.3. The largest absolute Gasteiger partial charge is 0.350 e. The van der Waals surface area contributed by atoms with Crippen LogP contribution in [0.4, 0.5) is 17.7 Å². The van der Waals surface area contributed by atoms with Crippen molar-refractivity contribution < 1.29 is 4.79 Å². The van der Waals surface area contributed by atoms with Crippen molar-refractivity contribution in [3.8, 4) is 11.8 Å². The van der Waals surface area contributed by atoms with Gasteiger partial charge in [-0.05, 0) is 44.1 Å². The molecule has 3 aromatic rings. The van der Waals surface area contributed by atoms with E-state index in [-0.39, 0.29) is 24.0 Å². The van der Waals surface area contributed by atoms with Crippen molar-refractivity contribution in [3.63, 3.8) is 0 Å². The molecule has 1 amide bonds. The molecule has 3 saturated heterocycles. The number of hydrogen-bond donors (Lipinski definition) is 1. The third kappa shape index (κ3) is 3.98. The lowest BCUT2D eigenvalue weighted by molar-refractivity contribution is -0.126. The molecule has 0 radical (unpaired) electrons. The topological polar surface area (TPSA) is 94.8 Å². The molecule has 6 rings (SSSR count). The molecule has 3 aliphatic heterocycles. The summed E-state index contributed by atoms with van der Waals surface area (Å²) in [6.45, 7) is 9.20. The van der Waals surface area contributed by atoms with Crippen molar-refractivity contribution in [2.24, 2.45) is 5.92 Å². The second-order valence-corrected chi connectivity index (χ2v) is 10.3. The highest BCUT2D eigenvalue weighted by Crippen LogP contribution is 2.36. The Labute approximate surface area is 210 Å². The first-order valence-electron chi connectivity index (χ1n) is 12.6. The molecule has 4 atom stereocenters. The van der Waals surface area contributed by atoms with Crippen LogP contribution in [0.3, 0.4) is 0 Å². The van der Waals surface area contributed by atoms with Crippen molar-refractivity contribution in [1.82, 2.24) is 29.2 Å². The third-order valence-electron chi connectivity index (χ3n) is 7.48. The van der Waals surface area contributed by atoms with Crippen LogP contribution in [0.2, 0.25) is 0 Å². The molecule has 1 N–H and O–H groups in total. The van der Waals surface area contributed by atoms with Gasteiger partial charge in [0.25, 0.3) is 5.91 Å². The number of anilines is 3. The van der Waals surface area contributed by atoms with Crippen molar-refractivity contribution in [2.75, 3.05) is 41.3 Å². The molecule has 6 heterocycles. The fourth-order valence-electron chi connectivity index (χ4n) is 5.98. The number of carbonyl (C=O) groups is 1. The number of amides is 1. The van der Waals surface area contributed by atoms with E-state index in [1.165, 1.54) is 0 Å². The van der Waals surface area contributed by atoms with Crippen LogP contribution in [0.5, 0.6) is 0 Å². The quantitative estimate of drug-likeness (QED) is 0.561. The summed E-state index contributed by atoms with van der Waals surface area (Å²) < 4.78 is 2.15. The van der Waals surface area contributed by atoms with Gasteiger partial charge in [0.05, 0.1) is 18.3 Å². The van der Waals surface area contributed by atoms with E-state index in [1.54, 1.807) is 6.92 Å². The molecule has 0 spiro atoms. The lowest BCUT2D eigenvalue weighted by Gasteiger charge is -2.37. The van der Waals surface area contributed by atoms with Crippen molar-refractivity contribution in [2.45, 2.75) is 51.7 Å². The standard InChI is InChI=1S/C26H31N9O/c1-4-5-23(36)34-15-21-9-20(34)16-35(21)24-22-12-30-26(33(22)7-6-27-24)32-13-17(2)8-19(14-32)31-25-28-10-18(3)11-29-25/h6-7,10-12,17,19-21H,8-9,13-16H2,1-3H3,(H,28,29,31)/t17-,19-,20+,21+/m1/s1. The Morgan fingerprint density at radius 1 is 1.03 bits per heavy atom. The first-order valence-corrected chi connectivity index (χ1v) is 12.6. The zero-order valence-electron chi connectivity index (χ0n) is 20.9. The molecule has 186 valence electrons. The fourth-order valence-corrected chi connectivity index (χ4v) is 5.98. The summed E-state index contributed by atoms with van der Waals surface area (Å²) in [5.74, 6) is 8.38. The number of piperazine rings is 1. The van der Waals surface area contributed by atoms with E-state index < -0.39 is 0 Å². The predicted octanol–water partition coefficient (Wildman–Crippen LogP) is 1.97. The van der Waals surface area contributed by atoms with Gasteiger partial charge in [-0.1, -0.05) is 12.8 Å². The molecule has 3 fully saturated rings. The molecule has 3 aliphatic rings. The van der Waals surface area contributed by atoms with Crippen LogP contribution in [0, 0.1) is 24.7 Å². The average molecular weight is 486 g/mol. The van der Waals surface area contributed by atoms with Crippen molar-refractivity contribution in [1.29, 1.82) is 0 Å². The average Bonchev–Trinajstić information content (AvgIpc) is 3.59. The van der Waals surface area contributed by atoms with Gasteiger partial charge in [-0.3, -0.25) is 9.20 Å². The molecule has 10 heteroatoms. The van der Waals surface area contributed by atoms with Crippen LogP contribution < -0.4 is 15.1 Å². The number of carbonyl (C=O) groups excluding carboxylic acids is 1. The van der Waals surface area contributed by atoms with E-state index in [2.05, 4.69) is 48.2 Å². The van der Waals surface area contributed by atoms with Crippen LogP contribution in [0.25, 0.3) is 5.52 Å². The van der Waals surface area contributed by atoms with Gasteiger partial charge in [0.1, 0.15) is 5.52 Å². The van der Waals surface area contributed by atoms with E-state index in [4.69, 9.17) is 9.97 Å². The number of likely N-dealkylation sites (tertiary alicyclic amines) is 1. The lowest BCUT2D eigenvalue weighted by Crippen LogP contribution is -2.49. The van der Waals surface area contributed by atoms with E-state index in [9.17, 15) is 4.79 Å². The molecular formula is C26H31N9O. The summed E-state index contributed by atoms with van der Waals surface area (Å²) in [6, 6.07) is 0.675.